The smallest absolute Gasteiger partial charge is 0.253 e. The van der Waals surface area contributed by atoms with E-state index in [-0.39, 0.29) is 18.2 Å². The molecule has 2 amide bonds. The maximum Gasteiger partial charge on any atom is 0.253 e. The minimum absolute atomic E-state index is 0.141. The Balaban J connectivity index is 1.49. The third kappa shape index (κ3) is 6.13. The van der Waals surface area contributed by atoms with Crippen molar-refractivity contribution in [2.75, 3.05) is 30.4 Å². The van der Waals surface area contributed by atoms with Gasteiger partial charge in [0.1, 0.15) is 5.75 Å². The van der Waals surface area contributed by atoms with Gasteiger partial charge in [-0.05, 0) is 66.8 Å². The summed E-state index contributed by atoms with van der Waals surface area (Å²) >= 11 is 0. The Bertz CT molecular complexity index is 1110. The first-order valence-corrected chi connectivity index (χ1v) is 11.6. The van der Waals surface area contributed by atoms with Crippen LogP contribution in [0, 0.1) is 0 Å². The molecule has 4 rings (SSSR count). The van der Waals surface area contributed by atoms with Crippen LogP contribution in [0.2, 0.25) is 0 Å². The molecule has 1 fully saturated rings. The summed E-state index contributed by atoms with van der Waals surface area (Å²) in [6.07, 6.45) is 7.10. The maximum absolute atomic E-state index is 13.2. The molecule has 0 unspecified atom stereocenters. The van der Waals surface area contributed by atoms with Crippen molar-refractivity contribution in [2.24, 2.45) is 0 Å². The molecule has 34 heavy (non-hydrogen) atoms. The monoisotopic (exact) mass is 458 g/mol. The number of rotatable bonds is 8. The number of hydrogen-bond acceptors (Lipinski definition) is 5. The first-order chi connectivity index (χ1) is 16.6. The van der Waals surface area contributed by atoms with Crippen molar-refractivity contribution in [3.8, 4) is 5.75 Å². The number of ether oxygens (including phenoxy) is 1. The largest absolute Gasteiger partial charge is 0.497 e. The number of aromatic nitrogens is 1. The summed E-state index contributed by atoms with van der Waals surface area (Å²) in [5, 5.41) is 5.94. The van der Waals surface area contributed by atoms with Gasteiger partial charge in [-0.25, -0.2) is 0 Å². The second-order valence-electron chi connectivity index (χ2n) is 8.40. The normalized spacial score (nSPS) is 13.3. The van der Waals surface area contributed by atoms with Crippen molar-refractivity contribution in [3.05, 3.63) is 83.7 Å². The molecule has 0 saturated carbocycles. The summed E-state index contributed by atoms with van der Waals surface area (Å²) in [5.41, 5.74) is 3.88. The van der Waals surface area contributed by atoms with E-state index in [1.54, 1.807) is 25.6 Å². The average Bonchev–Trinajstić information content (AvgIpc) is 2.89. The zero-order chi connectivity index (χ0) is 23.8. The van der Waals surface area contributed by atoms with E-state index in [4.69, 9.17) is 4.74 Å². The summed E-state index contributed by atoms with van der Waals surface area (Å²) in [6, 6.07) is 16.8. The van der Waals surface area contributed by atoms with E-state index in [9.17, 15) is 9.59 Å². The van der Waals surface area contributed by atoms with Crippen molar-refractivity contribution < 1.29 is 14.3 Å². The summed E-state index contributed by atoms with van der Waals surface area (Å²) in [7, 11) is 1.61. The van der Waals surface area contributed by atoms with Crippen LogP contribution >= 0.6 is 0 Å². The number of nitrogens with zero attached hydrogens (tertiary/aromatic N) is 2. The highest BCUT2D eigenvalue weighted by Crippen LogP contribution is 2.27. The molecular formula is C27H30N4O3. The molecule has 3 aromatic rings. The zero-order valence-electron chi connectivity index (χ0n) is 19.4. The second-order valence-corrected chi connectivity index (χ2v) is 8.40. The molecule has 0 spiro atoms. The summed E-state index contributed by atoms with van der Waals surface area (Å²) in [4.78, 5) is 32.2. The number of benzene rings is 2. The molecule has 0 radical (unpaired) electrons. The van der Waals surface area contributed by atoms with E-state index in [1.807, 2.05) is 48.5 Å². The Labute approximate surface area is 200 Å². The van der Waals surface area contributed by atoms with Crippen LogP contribution < -0.4 is 20.3 Å². The van der Waals surface area contributed by atoms with Gasteiger partial charge in [-0.2, -0.15) is 0 Å². The van der Waals surface area contributed by atoms with E-state index >= 15 is 0 Å². The van der Waals surface area contributed by atoms with Crippen molar-refractivity contribution in [2.45, 2.75) is 32.2 Å². The fraction of sp³-hybridized carbons (Fsp3) is 0.296. The van der Waals surface area contributed by atoms with Crippen LogP contribution in [0.4, 0.5) is 11.4 Å². The molecule has 1 aliphatic rings. The molecule has 176 valence electrons. The highest BCUT2D eigenvalue weighted by atomic mass is 16.5. The van der Waals surface area contributed by atoms with E-state index in [1.165, 1.54) is 6.42 Å². The number of piperidine rings is 1. The van der Waals surface area contributed by atoms with Crippen LogP contribution in [-0.4, -0.2) is 37.0 Å². The molecule has 2 heterocycles. The first kappa shape index (κ1) is 23.3. The van der Waals surface area contributed by atoms with Crippen LogP contribution in [0.5, 0.6) is 5.75 Å². The lowest BCUT2D eigenvalue weighted by Crippen LogP contribution is -2.32. The standard InChI is InChI=1S/C27H30N4O3/c1-34-23-10-7-20(8-11-23)16-26(32)30-22-9-12-25(31-14-3-2-4-15-31)24(17-22)27(33)29-19-21-6-5-13-28-18-21/h5-13,17-18H,2-4,14-16,19H2,1H3,(H,29,33)(H,30,32). The van der Waals surface area contributed by atoms with Gasteiger partial charge < -0.3 is 20.3 Å². The van der Waals surface area contributed by atoms with Gasteiger partial charge in [-0.3, -0.25) is 14.6 Å². The molecule has 7 nitrogen and oxygen atoms in total. The maximum atomic E-state index is 13.2. The summed E-state index contributed by atoms with van der Waals surface area (Å²) in [6.45, 7) is 2.23. The number of carbonyl (C=O) groups is 2. The highest BCUT2D eigenvalue weighted by Gasteiger charge is 2.20. The van der Waals surface area contributed by atoms with Gasteiger partial charge in [0.15, 0.2) is 0 Å². The van der Waals surface area contributed by atoms with Crippen LogP contribution in [0.15, 0.2) is 67.0 Å². The number of carbonyl (C=O) groups excluding carboxylic acids is 2. The molecule has 0 bridgehead atoms. The topological polar surface area (TPSA) is 83.6 Å². The van der Waals surface area contributed by atoms with E-state index in [0.29, 0.717) is 17.8 Å². The van der Waals surface area contributed by atoms with Crippen molar-refractivity contribution in [1.29, 1.82) is 0 Å². The van der Waals surface area contributed by atoms with E-state index in [0.717, 1.165) is 48.5 Å². The molecule has 1 saturated heterocycles. The number of methoxy groups -OCH3 is 1. The van der Waals surface area contributed by atoms with Gasteiger partial charge in [0.05, 0.1) is 19.1 Å². The van der Waals surface area contributed by atoms with Gasteiger partial charge in [0.25, 0.3) is 5.91 Å². The molecule has 7 heteroatoms. The zero-order valence-corrected chi connectivity index (χ0v) is 19.4. The number of pyridine rings is 1. The fourth-order valence-electron chi connectivity index (χ4n) is 4.12. The highest BCUT2D eigenvalue weighted by molar-refractivity contribution is 6.02. The van der Waals surface area contributed by atoms with Gasteiger partial charge >= 0.3 is 0 Å². The molecule has 0 atom stereocenters. The number of hydrogen-bond donors (Lipinski definition) is 2. The number of nitrogens with one attached hydrogen (secondary N) is 2. The Hall–Kier alpha value is -3.87. The van der Waals surface area contributed by atoms with Gasteiger partial charge in [-0.15, -0.1) is 0 Å². The lowest BCUT2D eigenvalue weighted by molar-refractivity contribution is -0.115. The third-order valence-corrected chi connectivity index (χ3v) is 5.92. The minimum atomic E-state index is -0.171. The summed E-state index contributed by atoms with van der Waals surface area (Å²) < 4.78 is 5.17. The number of amides is 2. The Morgan fingerprint density at radius 2 is 1.79 bits per heavy atom. The van der Waals surface area contributed by atoms with Crippen LogP contribution in [-0.2, 0) is 17.8 Å². The fourth-order valence-corrected chi connectivity index (χ4v) is 4.12. The quantitative estimate of drug-likeness (QED) is 0.529. The Morgan fingerprint density at radius 1 is 1.00 bits per heavy atom. The first-order valence-electron chi connectivity index (χ1n) is 11.6. The van der Waals surface area contributed by atoms with Crippen LogP contribution in [0.1, 0.15) is 40.7 Å². The van der Waals surface area contributed by atoms with Crippen LogP contribution in [0.3, 0.4) is 0 Å². The van der Waals surface area contributed by atoms with Gasteiger partial charge in [0.2, 0.25) is 5.91 Å². The second kappa shape index (κ2) is 11.3. The third-order valence-electron chi connectivity index (χ3n) is 5.92. The van der Waals surface area contributed by atoms with Crippen LogP contribution in [0.25, 0.3) is 0 Å². The lowest BCUT2D eigenvalue weighted by Gasteiger charge is -2.30. The predicted molar refractivity (Wildman–Crippen MR) is 133 cm³/mol. The Kier molecular flexibility index (Phi) is 7.75. The SMILES string of the molecule is COc1ccc(CC(=O)Nc2ccc(N3CCCCC3)c(C(=O)NCc3cccnc3)c2)cc1. The average molecular weight is 459 g/mol. The molecule has 0 aliphatic carbocycles. The van der Waals surface area contributed by atoms with E-state index < -0.39 is 0 Å². The molecular weight excluding hydrogens is 428 g/mol. The van der Waals surface area contributed by atoms with Crippen molar-refractivity contribution in [3.63, 3.8) is 0 Å². The van der Waals surface area contributed by atoms with E-state index in [2.05, 4.69) is 20.5 Å². The Morgan fingerprint density at radius 3 is 2.50 bits per heavy atom. The predicted octanol–water partition coefficient (Wildman–Crippen LogP) is 4.19. The minimum Gasteiger partial charge on any atom is -0.497 e. The molecule has 2 N–H and O–H groups in total. The lowest BCUT2D eigenvalue weighted by atomic mass is 10.1. The van der Waals surface area contributed by atoms with Gasteiger partial charge in [-0.1, -0.05) is 18.2 Å². The number of anilines is 2. The molecule has 1 aromatic heterocycles. The molecule has 1 aliphatic heterocycles. The summed E-state index contributed by atoms with van der Waals surface area (Å²) in [5.74, 6) is 0.438. The van der Waals surface area contributed by atoms with Crippen molar-refractivity contribution >= 4 is 23.2 Å². The molecule has 2 aromatic carbocycles. The van der Waals surface area contributed by atoms with Crippen molar-refractivity contribution in [1.82, 2.24) is 10.3 Å². The van der Waals surface area contributed by atoms with Gasteiger partial charge in [0, 0.05) is 43.4 Å².